The number of nitrogens with one attached hydrogen (secondary N) is 2. The Labute approximate surface area is 235 Å². The lowest BCUT2D eigenvalue weighted by molar-refractivity contribution is -0.149. The van der Waals surface area contributed by atoms with Gasteiger partial charge in [-0.3, -0.25) is 13.9 Å². The maximum atomic E-state index is 16.2. The van der Waals surface area contributed by atoms with Gasteiger partial charge in [-0.25, -0.2) is 23.9 Å². The van der Waals surface area contributed by atoms with Gasteiger partial charge < -0.3 is 29.5 Å². The SMILES string of the molecule is CNc1nc(C)nc2c1ncn2[C@@H]1O[C@H](CO[P@@](=O)(N[C@@H](C)C(=O)OC(C)C)Oc2ccccc2)[C@@H](O)[C@]1(F)CO. The van der Waals surface area contributed by atoms with Crippen molar-refractivity contribution in [2.24, 2.45) is 0 Å². The van der Waals surface area contributed by atoms with Gasteiger partial charge in [0.15, 0.2) is 23.2 Å². The first-order chi connectivity index (χ1) is 19.4. The Kier molecular flexibility index (Phi) is 9.26. The molecule has 3 heterocycles. The molecule has 2 aromatic heterocycles. The molecule has 1 aromatic carbocycles. The molecule has 4 rings (SSSR count). The standard InChI is InChI=1S/C25H34FN6O8P/c1-14(2)38-23(35)15(3)31-41(36,40-17-9-7-6-8-10-17)37-11-18-20(34)25(26,12-33)24(39-18)32-13-28-19-21(27-5)29-16(4)30-22(19)32/h6-10,13-15,18,20,24,33-34H,11-12H2,1-5H3,(H,31,36)(H,27,29,30)/t15-,18+,20+,24+,25+,41-/m0/s1. The highest BCUT2D eigenvalue weighted by Crippen LogP contribution is 2.48. The number of anilines is 1. The number of hydrogen-bond donors (Lipinski definition) is 4. The van der Waals surface area contributed by atoms with Gasteiger partial charge in [0.1, 0.15) is 29.8 Å². The van der Waals surface area contributed by atoms with Crippen LogP contribution < -0.4 is 14.9 Å². The molecular weight excluding hydrogens is 562 g/mol. The Morgan fingerprint density at radius 2 is 1.98 bits per heavy atom. The molecule has 0 bridgehead atoms. The number of aliphatic hydroxyl groups is 2. The molecule has 224 valence electrons. The average Bonchev–Trinajstić information content (AvgIpc) is 3.45. The summed E-state index contributed by atoms with van der Waals surface area (Å²) in [6.45, 7) is 4.62. The van der Waals surface area contributed by atoms with E-state index in [1.54, 1.807) is 46.0 Å². The molecule has 41 heavy (non-hydrogen) atoms. The van der Waals surface area contributed by atoms with Gasteiger partial charge >= 0.3 is 13.7 Å². The topological polar surface area (TPSA) is 179 Å². The number of benzene rings is 1. The van der Waals surface area contributed by atoms with Crippen LogP contribution in [-0.4, -0.2) is 86.0 Å². The van der Waals surface area contributed by atoms with Crippen LogP contribution in [0.5, 0.6) is 5.75 Å². The largest absolute Gasteiger partial charge is 0.462 e. The minimum absolute atomic E-state index is 0.161. The summed E-state index contributed by atoms with van der Waals surface area (Å²) in [4.78, 5) is 25.2. The number of carbonyl (C=O) groups excluding carboxylic acids is 1. The predicted molar refractivity (Wildman–Crippen MR) is 145 cm³/mol. The second kappa shape index (κ2) is 12.3. The Balaban J connectivity index is 1.59. The van der Waals surface area contributed by atoms with Crippen molar-refractivity contribution in [2.45, 2.75) is 63.9 Å². The van der Waals surface area contributed by atoms with Gasteiger partial charge in [0.25, 0.3) is 0 Å². The number of aryl methyl sites for hydroxylation is 1. The molecular formula is C25H34FN6O8P. The van der Waals surface area contributed by atoms with E-state index in [1.807, 2.05) is 0 Å². The van der Waals surface area contributed by atoms with Gasteiger partial charge in [0.05, 0.1) is 25.6 Å². The Morgan fingerprint density at radius 1 is 1.27 bits per heavy atom. The summed E-state index contributed by atoms with van der Waals surface area (Å²) in [7, 11) is -2.69. The molecule has 1 aliphatic heterocycles. The van der Waals surface area contributed by atoms with Crippen molar-refractivity contribution in [1.82, 2.24) is 24.6 Å². The fraction of sp³-hybridized carbons (Fsp3) is 0.520. The molecule has 16 heteroatoms. The lowest BCUT2D eigenvalue weighted by Crippen LogP contribution is -2.46. The summed E-state index contributed by atoms with van der Waals surface area (Å²) in [6.07, 6.45) is -4.09. The molecule has 1 saturated heterocycles. The summed E-state index contributed by atoms with van der Waals surface area (Å²) in [5, 5.41) is 26.3. The fourth-order valence-electron chi connectivity index (χ4n) is 4.28. The lowest BCUT2D eigenvalue weighted by Gasteiger charge is -2.27. The van der Waals surface area contributed by atoms with Crippen LogP contribution in [0.25, 0.3) is 11.2 Å². The third-order valence-electron chi connectivity index (χ3n) is 6.26. The normalized spacial score (nSPS) is 24.8. The van der Waals surface area contributed by atoms with E-state index >= 15 is 4.39 Å². The van der Waals surface area contributed by atoms with Crippen LogP contribution >= 0.6 is 7.75 Å². The second-order valence-electron chi connectivity index (χ2n) is 9.78. The number of fused-ring (bicyclic) bond motifs is 1. The quantitative estimate of drug-likeness (QED) is 0.177. The highest BCUT2D eigenvalue weighted by atomic mass is 31.2. The molecule has 14 nitrogen and oxygen atoms in total. The molecule has 6 atom stereocenters. The van der Waals surface area contributed by atoms with Crippen molar-refractivity contribution in [3.05, 3.63) is 42.5 Å². The molecule has 0 amide bonds. The minimum Gasteiger partial charge on any atom is -0.462 e. The smallest absolute Gasteiger partial charge is 0.459 e. The molecule has 3 aromatic rings. The number of halogens is 1. The van der Waals surface area contributed by atoms with Crippen molar-refractivity contribution in [2.75, 3.05) is 25.6 Å². The molecule has 0 saturated carbocycles. The lowest BCUT2D eigenvalue weighted by atomic mass is 9.97. The Hall–Kier alpha value is -3.20. The van der Waals surface area contributed by atoms with E-state index < -0.39 is 63.2 Å². The molecule has 0 aliphatic carbocycles. The molecule has 4 N–H and O–H groups in total. The number of alkyl halides is 1. The summed E-state index contributed by atoms with van der Waals surface area (Å²) < 4.78 is 53.4. The fourth-order valence-corrected chi connectivity index (χ4v) is 5.79. The van der Waals surface area contributed by atoms with E-state index in [0.29, 0.717) is 17.2 Å². The third kappa shape index (κ3) is 6.50. The first-order valence-corrected chi connectivity index (χ1v) is 14.4. The number of nitrogens with zero attached hydrogens (tertiary/aromatic N) is 4. The maximum Gasteiger partial charge on any atom is 0.459 e. The van der Waals surface area contributed by atoms with E-state index in [1.165, 1.54) is 30.0 Å². The summed E-state index contributed by atoms with van der Waals surface area (Å²) in [5.41, 5.74) is -2.19. The minimum atomic E-state index is -4.34. The number of aliphatic hydroxyl groups excluding tert-OH is 2. The maximum absolute atomic E-state index is 16.2. The first kappa shape index (κ1) is 30.8. The van der Waals surface area contributed by atoms with Crippen molar-refractivity contribution >= 4 is 30.7 Å². The zero-order valence-electron chi connectivity index (χ0n) is 23.2. The Bertz CT molecular complexity index is 1410. The van der Waals surface area contributed by atoms with E-state index in [9.17, 15) is 19.6 Å². The zero-order chi connectivity index (χ0) is 29.9. The first-order valence-electron chi connectivity index (χ1n) is 12.9. The number of aromatic nitrogens is 4. The van der Waals surface area contributed by atoms with Gasteiger partial charge in [-0.1, -0.05) is 18.2 Å². The van der Waals surface area contributed by atoms with Crippen LogP contribution in [0.4, 0.5) is 10.2 Å². The van der Waals surface area contributed by atoms with Crippen molar-refractivity contribution < 1.29 is 42.5 Å². The van der Waals surface area contributed by atoms with Crippen LogP contribution in [0.15, 0.2) is 36.7 Å². The zero-order valence-corrected chi connectivity index (χ0v) is 24.1. The molecule has 0 unspecified atom stereocenters. The Morgan fingerprint density at radius 3 is 2.61 bits per heavy atom. The number of ether oxygens (including phenoxy) is 2. The number of imidazole rings is 1. The van der Waals surface area contributed by atoms with Crippen LogP contribution in [0.1, 0.15) is 32.8 Å². The number of para-hydroxylation sites is 1. The molecule has 1 aliphatic rings. The van der Waals surface area contributed by atoms with Crippen molar-refractivity contribution in [3.63, 3.8) is 0 Å². The molecule has 0 radical (unpaired) electrons. The van der Waals surface area contributed by atoms with Gasteiger partial charge in [0.2, 0.25) is 5.67 Å². The van der Waals surface area contributed by atoms with E-state index in [-0.39, 0.29) is 11.4 Å². The monoisotopic (exact) mass is 596 g/mol. The van der Waals surface area contributed by atoms with E-state index in [4.69, 9.17) is 18.5 Å². The van der Waals surface area contributed by atoms with Crippen LogP contribution in [0.3, 0.4) is 0 Å². The van der Waals surface area contributed by atoms with E-state index in [2.05, 4.69) is 25.4 Å². The predicted octanol–water partition coefficient (Wildman–Crippen LogP) is 2.27. The van der Waals surface area contributed by atoms with Gasteiger partial charge in [-0.05, 0) is 39.8 Å². The highest BCUT2D eigenvalue weighted by molar-refractivity contribution is 7.52. The van der Waals surface area contributed by atoms with E-state index in [0.717, 1.165) is 0 Å². The van der Waals surface area contributed by atoms with Gasteiger partial charge in [0, 0.05) is 7.05 Å². The highest BCUT2D eigenvalue weighted by Gasteiger charge is 2.59. The molecule has 1 fully saturated rings. The van der Waals surface area contributed by atoms with Crippen molar-refractivity contribution in [3.8, 4) is 5.75 Å². The number of hydrogen-bond acceptors (Lipinski definition) is 12. The molecule has 0 spiro atoms. The third-order valence-corrected chi connectivity index (χ3v) is 7.90. The second-order valence-corrected chi connectivity index (χ2v) is 11.5. The van der Waals surface area contributed by atoms with Crippen LogP contribution in [-0.2, 0) is 23.4 Å². The number of carbonyl (C=O) groups is 1. The average molecular weight is 597 g/mol. The summed E-state index contributed by atoms with van der Waals surface area (Å²) in [5.74, 6) is 0.221. The summed E-state index contributed by atoms with van der Waals surface area (Å²) in [6, 6.07) is 6.94. The van der Waals surface area contributed by atoms with Crippen LogP contribution in [0, 0.1) is 6.92 Å². The summed E-state index contributed by atoms with van der Waals surface area (Å²) >= 11 is 0. The van der Waals surface area contributed by atoms with Crippen LogP contribution in [0.2, 0.25) is 0 Å². The number of rotatable bonds is 12. The van der Waals surface area contributed by atoms with Gasteiger partial charge in [-0.2, -0.15) is 5.09 Å². The van der Waals surface area contributed by atoms with Crippen molar-refractivity contribution in [1.29, 1.82) is 0 Å². The van der Waals surface area contributed by atoms with Gasteiger partial charge in [-0.15, -0.1) is 0 Å². The number of esters is 1.